The lowest BCUT2D eigenvalue weighted by Crippen LogP contribution is -2.41. The average molecular weight is 356 g/mol. The molecule has 0 aromatic carbocycles. The number of alkyl halides is 2. The zero-order valence-corrected chi connectivity index (χ0v) is 16.7. The second-order valence-electron chi connectivity index (χ2n) is 6.19. The zero-order valence-electron chi connectivity index (χ0n) is 14.5. The van der Waals surface area contributed by atoms with Gasteiger partial charge in [-0.25, -0.2) is 0 Å². The monoisotopic (exact) mass is 355 g/mol. The molecule has 1 N–H and O–H groups in total. The second-order valence-corrected chi connectivity index (χ2v) is 13.1. The minimum Gasteiger partial charge on any atom is -0.421 e. The lowest BCUT2D eigenvalue weighted by molar-refractivity contribution is -0.146. The fraction of sp³-hybridized carbons (Fsp3) is 0.929. The highest BCUT2D eigenvalue weighted by Gasteiger charge is 2.38. The largest absolute Gasteiger partial charge is 0.421 e. The van der Waals surface area contributed by atoms with Gasteiger partial charge >= 0.3 is 5.92 Å². The Morgan fingerprint density at radius 3 is 2.50 bits per heavy atom. The summed E-state index contributed by atoms with van der Waals surface area (Å²) >= 11 is 0. The summed E-state index contributed by atoms with van der Waals surface area (Å²) < 4.78 is 38.3. The van der Waals surface area contributed by atoms with E-state index in [1.807, 2.05) is 20.0 Å². The van der Waals surface area contributed by atoms with Crippen molar-refractivity contribution >= 4 is 23.3 Å². The van der Waals surface area contributed by atoms with E-state index in [4.69, 9.17) is 8.85 Å². The first-order chi connectivity index (χ1) is 10.1. The number of nitrogens with one attached hydrogen (secondary N) is 1. The fourth-order valence-electron chi connectivity index (χ4n) is 2.04. The van der Waals surface area contributed by atoms with Crippen LogP contribution in [0.15, 0.2) is 0 Å². The van der Waals surface area contributed by atoms with Crippen molar-refractivity contribution in [2.75, 3.05) is 20.3 Å². The molecule has 0 heterocycles. The van der Waals surface area contributed by atoms with Crippen LogP contribution in [0, 0.1) is 0 Å². The highest BCUT2D eigenvalue weighted by atomic mass is 28.4. The molecule has 1 unspecified atom stereocenters. The number of halogens is 2. The Balaban J connectivity index is 3.97. The van der Waals surface area contributed by atoms with Crippen molar-refractivity contribution in [2.45, 2.75) is 63.8 Å². The van der Waals surface area contributed by atoms with Gasteiger partial charge in [-0.3, -0.25) is 4.79 Å². The number of rotatable bonds is 12. The van der Waals surface area contributed by atoms with Gasteiger partial charge in [-0.1, -0.05) is 0 Å². The van der Waals surface area contributed by atoms with Crippen molar-refractivity contribution in [1.29, 1.82) is 0 Å². The molecule has 0 aliphatic carbocycles. The molecule has 0 aliphatic heterocycles. The molecule has 0 radical (unpaired) electrons. The van der Waals surface area contributed by atoms with E-state index in [0.717, 1.165) is 6.04 Å². The third-order valence-electron chi connectivity index (χ3n) is 3.68. The predicted octanol–water partition coefficient (Wildman–Crippen LogP) is 3.15. The van der Waals surface area contributed by atoms with E-state index in [1.54, 1.807) is 7.11 Å². The predicted molar refractivity (Wildman–Crippen MR) is 90.6 cm³/mol. The first-order valence-electron chi connectivity index (χ1n) is 7.97. The smallest absolute Gasteiger partial charge is 0.324 e. The quantitative estimate of drug-likeness (QED) is 0.432. The van der Waals surface area contributed by atoms with Crippen LogP contribution in [0.4, 0.5) is 8.78 Å². The highest BCUT2D eigenvalue weighted by Crippen LogP contribution is 2.24. The Kier molecular flexibility index (Phi) is 10.3. The Morgan fingerprint density at radius 1 is 1.32 bits per heavy atom. The van der Waals surface area contributed by atoms with Gasteiger partial charge in [0.15, 0.2) is 17.4 Å². The Labute approximate surface area is 135 Å². The Morgan fingerprint density at radius 2 is 1.95 bits per heavy atom. The molecule has 0 aromatic rings. The van der Waals surface area contributed by atoms with Crippen molar-refractivity contribution in [3.05, 3.63) is 0 Å². The normalized spacial score (nSPS) is 14.0. The number of carbonyl (C=O) groups excluding carboxylic acids is 1. The topological polar surface area (TPSA) is 47.6 Å². The first-order valence-corrected chi connectivity index (χ1v) is 13.5. The molecule has 22 heavy (non-hydrogen) atoms. The summed E-state index contributed by atoms with van der Waals surface area (Å²) in [6.45, 7) is 8.96. The van der Waals surface area contributed by atoms with E-state index < -0.39 is 35.6 Å². The molecule has 0 bridgehead atoms. The Hall–Kier alpha value is -0.316. The van der Waals surface area contributed by atoms with Crippen molar-refractivity contribution in [2.24, 2.45) is 0 Å². The first kappa shape index (κ1) is 21.7. The molecule has 1 atom stereocenters. The maximum Gasteiger partial charge on any atom is 0.324 e. The summed E-state index contributed by atoms with van der Waals surface area (Å²) in [5, 5.41) is 2.34. The molecule has 0 rings (SSSR count). The van der Waals surface area contributed by atoms with E-state index in [2.05, 4.69) is 11.9 Å². The molecule has 0 saturated carbocycles. The van der Waals surface area contributed by atoms with Gasteiger partial charge in [0.25, 0.3) is 5.91 Å². The highest BCUT2D eigenvalue weighted by molar-refractivity contribution is 6.71. The van der Waals surface area contributed by atoms with Gasteiger partial charge in [-0.2, -0.15) is 8.78 Å². The van der Waals surface area contributed by atoms with Gasteiger partial charge in [0.05, 0.1) is 0 Å². The summed E-state index contributed by atoms with van der Waals surface area (Å²) in [5.74, 6) is -4.45. The van der Waals surface area contributed by atoms with E-state index in [-0.39, 0.29) is 6.54 Å². The third-order valence-corrected chi connectivity index (χ3v) is 8.47. The molecule has 0 aliphatic rings. The van der Waals surface area contributed by atoms with Crippen LogP contribution in [0.25, 0.3) is 0 Å². The summed E-state index contributed by atoms with van der Waals surface area (Å²) in [6.07, 6.45) is 0.587. The fourth-order valence-corrected chi connectivity index (χ4v) is 4.79. The van der Waals surface area contributed by atoms with Gasteiger partial charge < -0.3 is 14.2 Å². The van der Waals surface area contributed by atoms with Crippen LogP contribution in [-0.2, 0) is 13.6 Å². The van der Waals surface area contributed by atoms with Gasteiger partial charge in [0.2, 0.25) is 0 Å². The minimum atomic E-state index is -3.29. The van der Waals surface area contributed by atoms with Gasteiger partial charge in [-0.05, 0) is 51.5 Å². The summed E-state index contributed by atoms with van der Waals surface area (Å²) in [6, 6.07) is 1.51. The summed E-state index contributed by atoms with van der Waals surface area (Å²) in [5.41, 5.74) is 0. The maximum absolute atomic E-state index is 13.7. The molecule has 0 aromatic heterocycles. The lowest BCUT2D eigenvalue weighted by atomic mass is 10.2. The van der Waals surface area contributed by atoms with Gasteiger partial charge in [0, 0.05) is 26.7 Å². The van der Waals surface area contributed by atoms with Crippen LogP contribution in [0.5, 0.6) is 0 Å². The summed E-state index contributed by atoms with van der Waals surface area (Å²) in [4.78, 5) is 11.6. The lowest BCUT2D eigenvalue weighted by Gasteiger charge is -2.21. The summed E-state index contributed by atoms with van der Waals surface area (Å²) in [7, 11) is -1.42. The molecule has 0 spiro atoms. The maximum atomic E-state index is 13.7. The van der Waals surface area contributed by atoms with Crippen LogP contribution >= 0.6 is 0 Å². The second kappa shape index (κ2) is 10.5. The SMILES string of the molecule is CCO[SiH](C)CCCNC(=O)C(F)(F)CCC[Si](C)(C)OC. The molecule has 4 nitrogen and oxygen atoms in total. The molecule has 8 heteroatoms. The van der Waals surface area contributed by atoms with Crippen molar-refractivity contribution in [3.63, 3.8) is 0 Å². The molecular formula is C14H31F2NO3Si2. The van der Waals surface area contributed by atoms with Gasteiger partial charge in [0.1, 0.15) is 0 Å². The third kappa shape index (κ3) is 9.65. The van der Waals surface area contributed by atoms with E-state index in [0.29, 0.717) is 25.5 Å². The molecular weight excluding hydrogens is 324 g/mol. The minimum absolute atomic E-state index is 0.289. The van der Waals surface area contributed by atoms with Crippen LogP contribution < -0.4 is 5.32 Å². The van der Waals surface area contributed by atoms with E-state index in [9.17, 15) is 13.6 Å². The Bertz CT molecular complexity index is 331. The van der Waals surface area contributed by atoms with E-state index >= 15 is 0 Å². The number of amides is 1. The average Bonchev–Trinajstić information content (AvgIpc) is 2.43. The molecule has 0 saturated heterocycles. The number of carbonyl (C=O) groups is 1. The van der Waals surface area contributed by atoms with Crippen molar-refractivity contribution in [1.82, 2.24) is 5.32 Å². The van der Waals surface area contributed by atoms with Crippen LogP contribution in [-0.4, -0.2) is 49.4 Å². The number of hydrogen-bond donors (Lipinski definition) is 1. The van der Waals surface area contributed by atoms with E-state index in [1.165, 1.54) is 0 Å². The van der Waals surface area contributed by atoms with Crippen molar-refractivity contribution < 1.29 is 22.4 Å². The van der Waals surface area contributed by atoms with Crippen LogP contribution in [0.3, 0.4) is 0 Å². The van der Waals surface area contributed by atoms with Crippen molar-refractivity contribution in [3.8, 4) is 0 Å². The molecule has 1 amide bonds. The standard InChI is InChI=1S/C14H31F2NO3Si2/c1-6-20-21(3)11-8-10-17-13(18)14(15,16)9-7-12-22(4,5)19-2/h21H,6-12H2,1-5H3,(H,17,18). The van der Waals surface area contributed by atoms with Gasteiger partial charge in [-0.15, -0.1) is 0 Å². The molecule has 132 valence electrons. The van der Waals surface area contributed by atoms with Crippen LogP contribution in [0.2, 0.25) is 31.7 Å². The zero-order chi connectivity index (χ0) is 17.2. The molecule has 0 fully saturated rings. The van der Waals surface area contributed by atoms with Crippen LogP contribution in [0.1, 0.15) is 26.2 Å². The number of hydrogen-bond acceptors (Lipinski definition) is 3.